The van der Waals surface area contributed by atoms with Crippen LogP contribution in [0.3, 0.4) is 0 Å². The lowest BCUT2D eigenvalue weighted by Gasteiger charge is -2.21. The quantitative estimate of drug-likeness (QED) is 0.432. The van der Waals surface area contributed by atoms with E-state index in [4.69, 9.17) is 28.1 Å². The van der Waals surface area contributed by atoms with E-state index < -0.39 is 6.04 Å². The highest BCUT2D eigenvalue weighted by Gasteiger charge is 2.22. The smallest absolute Gasteiger partial charge is 0.267 e. The summed E-state index contributed by atoms with van der Waals surface area (Å²) in [6, 6.07) is 14.0. The summed E-state index contributed by atoms with van der Waals surface area (Å²) in [7, 11) is 0. The van der Waals surface area contributed by atoms with Crippen LogP contribution in [0.2, 0.25) is 5.02 Å². The maximum absolute atomic E-state index is 13.6. The van der Waals surface area contributed by atoms with Crippen molar-refractivity contribution in [2.45, 2.75) is 19.9 Å². The van der Waals surface area contributed by atoms with Crippen LogP contribution in [0.4, 0.5) is 17.6 Å². The summed E-state index contributed by atoms with van der Waals surface area (Å²) < 4.78 is 1.49. The molecule has 0 aliphatic rings. The van der Waals surface area contributed by atoms with E-state index in [0.29, 0.717) is 27.4 Å². The van der Waals surface area contributed by atoms with Crippen LogP contribution in [-0.4, -0.2) is 19.5 Å². The van der Waals surface area contributed by atoms with Gasteiger partial charge in [-0.2, -0.15) is 15.2 Å². The summed E-state index contributed by atoms with van der Waals surface area (Å²) in [5, 5.41) is 13.2. The first-order chi connectivity index (χ1) is 15.3. The van der Waals surface area contributed by atoms with Crippen LogP contribution in [0.5, 0.6) is 0 Å². The number of rotatable bonds is 4. The number of halogens is 1. The van der Waals surface area contributed by atoms with E-state index >= 15 is 0 Å². The van der Waals surface area contributed by atoms with Crippen molar-refractivity contribution in [2.24, 2.45) is 0 Å². The van der Waals surface area contributed by atoms with Crippen LogP contribution in [0.1, 0.15) is 29.9 Å². The lowest BCUT2D eigenvalue weighted by Crippen LogP contribution is -2.28. The van der Waals surface area contributed by atoms with E-state index in [1.165, 1.54) is 4.57 Å². The first-order valence-corrected chi connectivity index (χ1v) is 10.1. The Bertz CT molecular complexity index is 1440. The van der Waals surface area contributed by atoms with Gasteiger partial charge in [0.1, 0.15) is 23.3 Å². The fourth-order valence-electron chi connectivity index (χ4n) is 3.50. The van der Waals surface area contributed by atoms with Gasteiger partial charge in [-0.3, -0.25) is 9.36 Å². The molecule has 0 aliphatic carbocycles. The van der Waals surface area contributed by atoms with E-state index in [0.717, 1.165) is 5.56 Å². The number of aromatic nitrogens is 4. The first kappa shape index (κ1) is 21.1. The van der Waals surface area contributed by atoms with Crippen molar-refractivity contribution < 1.29 is 0 Å². The Kier molecular flexibility index (Phi) is 5.38. The number of nitrogens with one attached hydrogen (secondary N) is 1. The molecular weight excluding hydrogens is 428 g/mol. The highest BCUT2D eigenvalue weighted by Crippen LogP contribution is 2.28. The van der Waals surface area contributed by atoms with Crippen molar-refractivity contribution in [3.8, 4) is 11.8 Å². The predicted molar refractivity (Wildman–Crippen MR) is 125 cm³/mol. The van der Waals surface area contributed by atoms with Gasteiger partial charge in [0.25, 0.3) is 5.56 Å². The Labute approximate surface area is 188 Å². The Morgan fingerprint density at radius 2 is 1.84 bits per heavy atom. The van der Waals surface area contributed by atoms with Gasteiger partial charge in [0.2, 0.25) is 5.95 Å². The zero-order valence-electron chi connectivity index (χ0n) is 17.3. The molecule has 32 heavy (non-hydrogen) atoms. The molecule has 0 bridgehead atoms. The molecule has 160 valence electrons. The van der Waals surface area contributed by atoms with Crippen molar-refractivity contribution in [1.82, 2.24) is 19.5 Å². The van der Waals surface area contributed by atoms with Crippen LogP contribution in [0.25, 0.3) is 16.6 Å². The Morgan fingerprint density at radius 3 is 2.53 bits per heavy atom. The number of hydrogen-bond acceptors (Lipinski definition) is 8. The van der Waals surface area contributed by atoms with Crippen LogP contribution in [0, 0.1) is 18.3 Å². The fraction of sp³-hybridized carbons (Fsp3) is 0.136. The molecular formula is C22H19ClN8O. The SMILES string of the molecule is Cc1ccc(Cl)c2c(=O)n(-c3ccccc3)c([C@H](C)Nc3nc(N)nc(N)c3C#N)nc12. The second kappa shape index (κ2) is 8.17. The van der Waals surface area contributed by atoms with Crippen molar-refractivity contribution in [1.29, 1.82) is 5.26 Å². The van der Waals surface area contributed by atoms with E-state index in [-0.39, 0.29) is 28.7 Å². The lowest BCUT2D eigenvalue weighted by molar-refractivity contribution is 0.730. The lowest BCUT2D eigenvalue weighted by atomic mass is 10.1. The van der Waals surface area contributed by atoms with E-state index in [2.05, 4.69) is 15.3 Å². The summed E-state index contributed by atoms with van der Waals surface area (Å²) >= 11 is 6.38. The van der Waals surface area contributed by atoms with Gasteiger partial charge in [-0.1, -0.05) is 35.9 Å². The average Bonchev–Trinajstić information content (AvgIpc) is 2.76. The Hall–Kier alpha value is -4.16. The third-order valence-corrected chi connectivity index (χ3v) is 5.34. The zero-order chi connectivity index (χ0) is 23.0. The second-order valence-corrected chi connectivity index (χ2v) is 7.61. The van der Waals surface area contributed by atoms with Gasteiger partial charge in [0.15, 0.2) is 5.82 Å². The minimum absolute atomic E-state index is 0.0377. The Morgan fingerprint density at radius 1 is 1.12 bits per heavy atom. The van der Waals surface area contributed by atoms with Crippen molar-refractivity contribution in [3.63, 3.8) is 0 Å². The standard InChI is InChI=1S/C22H19ClN8O/c1-11-8-9-15(23)16-17(11)28-20(31(21(16)32)13-6-4-3-5-7-13)12(2)27-19-14(10-24)18(25)29-22(26)30-19/h3-9,12H,1-2H3,(H5,25,26,27,29,30)/t12-/m0/s1. The number of anilines is 3. The zero-order valence-corrected chi connectivity index (χ0v) is 18.1. The number of hydrogen-bond donors (Lipinski definition) is 3. The molecule has 0 amide bonds. The third kappa shape index (κ3) is 3.57. The number of nitrogen functional groups attached to an aromatic ring is 2. The minimum Gasteiger partial charge on any atom is -0.382 e. The second-order valence-electron chi connectivity index (χ2n) is 7.20. The molecule has 0 saturated carbocycles. The van der Waals surface area contributed by atoms with Crippen molar-refractivity contribution in [3.05, 3.63) is 74.8 Å². The molecule has 5 N–H and O–H groups in total. The molecule has 1 atom stereocenters. The number of nitrogens with zero attached hydrogens (tertiary/aromatic N) is 5. The molecule has 0 aliphatic heterocycles. The molecule has 2 aromatic heterocycles. The van der Waals surface area contributed by atoms with Crippen LogP contribution in [-0.2, 0) is 0 Å². The maximum atomic E-state index is 13.6. The van der Waals surface area contributed by atoms with Gasteiger partial charge >= 0.3 is 0 Å². The van der Waals surface area contributed by atoms with Gasteiger partial charge < -0.3 is 16.8 Å². The summed E-state index contributed by atoms with van der Waals surface area (Å²) in [5.74, 6) is 0.440. The predicted octanol–water partition coefficient (Wildman–Crippen LogP) is 3.35. The molecule has 10 heteroatoms. The Balaban J connectivity index is 1.97. The van der Waals surface area contributed by atoms with Crippen LogP contribution in [0.15, 0.2) is 47.3 Å². The molecule has 9 nitrogen and oxygen atoms in total. The largest absolute Gasteiger partial charge is 0.382 e. The van der Waals surface area contributed by atoms with Gasteiger partial charge in [0.05, 0.1) is 27.7 Å². The summed E-state index contributed by atoms with van der Waals surface area (Å²) in [5.41, 5.74) is 13.2. The topological polar surface area (TPSA) is 149 Å². The highest BCUT2D eigenvalue weighted by atomic mass is 35.5. The van der Waals surface area contributed by atoms with E-state index in [9.17, 15) is 10.1 Å². The monoisotopic (exact) mass is 446 g/mol. The highest BCUT2D eigenvalue weighted by molar-refractivity contribution is 6.35. The summed E-state index contributed by atoms with van der Waals surface area (Å²) in [4.78, 5) is 26.3. The average molecular weight is 447 g/mol. The third-order valence-electron chi connectivity index (χ3n) is 5.02. The fourth-order valence-corrected chi connectivity index (χ4v) is 3.73. The van der Waals surface area contributed by atoms with Gasteiger partial charge in [-0.15, -0.1) is 0 Å². The van der Waals surface area contributed by atoms with Crippen LogP contribution >= 0.6 is 11.6 Å². The number of aryl methyl sites for hydroxylation is 1. The van der Waals surface area contributed by atoms with Crippen LogP contribution < -0.4 is 22.3 Å². The molecule has 0 fully saturated rings. The molecule has 2 aromatic carbocycles. The minimum atomic E-state index is -0.563. The maximum Gasteiger partial charge on any atom is 0.267 e. The van der Waals surface area contributed by atoms with Gasteiger partial charge in [0, 0.05) is 0 Å². The molecule has 0 saturated heterocycles. The number of para-hydroxylation sites is 1. The number of benzene rings is 2. The van der Waals surface area contributed by atoms with E-state index in [1.807, 2.05) is 37.3 Å². The number of nitrogens with two attached hydrogens (primary N) is 2. The van der Waals surface area contributed by atoms with Gasteiger partial charge in [-0.25, -0.2) is 4.98 Å². The normalized spacial score (nSPS) is 11.8. The van der Waals surface area contributed by atoms with Crippen molar-refractivity contribution in [2.75, 3.05) is 16.8 Å². The van der Waals surface area contributed by atoms with Crippen molar-refractivity contribution >= 4 is 40.1 Å². The number of fused-ring (bicyclic) bond motifs is 1. The van der Waals surface area contributed by atoms with E-state index in [1.54, 1.807) is 25.1 Å². The molecule has 2 heterocycles. The molecule has 4 rings (SSSR count). The van der Waals surface area contributed by atoms with Gasteiger partial charge in [-0.05, 0) is 37.6 Å². The molecule has 0 spiro atoms. The molecule has 4 aromatic rings. The molecule has 0 radical (unpaired) electrons. The summed E-state index contributed by atoms with van der Waals surface area (Å²) in [6.45, 7) is 3.65. The summed E-state index contributed by atoms with van der Waals surface area (Å²) in [6.07, 6.45) is 0. The first-order valence-electron chi connectivity index (χ1n) is 9.68. The number of nitriles is 1. The molecule has 0 unspecified atom stereocenters.